The van der Waals surface area contributed by atoms with Gasteiger partial charge < -0.3 is 5.32 Å². The molecule has 1 N–H and O–H groups in total. The Morgan fingerprint density at radius 2 is 2.00 bits per heavy atom. The Morgan fingerprint density at radius 1 is 1.38 bits per heavy atom. The van der Waals surface area contributed by atoms with Gasteiger partial charge in [0.25, 0.3) is 5.56 Å². The fourth-order valence-electron chi connectivity index (χ4n) is 2.27. The quantitative estimate of drug-likeness (QED) is 0.870. The van der Waals surface area contributed by atoms with Crippen LogP contribution in [0.2, 0.25) is 0 Å². The number of aromatic nitrogens is 2. The van der Waals surface area contributed by atoms with Crippen LogP contribution in [0.4, 0.5) is 0 Å². The number of carbonyl (C=O) groups is 1. The van der Waals surface area contributed by atoms with E-state index in [1.54, 1.807) is 13.8 Å². The van der Waals surface area contributed by atoms with Gasteiger partial charge in [-0.15, -0.1) is 0 Å². The van der Waals surface area contributed by atoms with E-state index in [1.165, 1.54) is 0 Å². The molecule has 1 aromatic carbocycles. The Bertz CT molecular complexity index is 866. The highest BCUT2D eigenvalue weighted by molar-refractivity contribution is 9.10. The summed E-state index contributed by atoms with van der Waals surface area (Å²) in [6.45, 7) is 5.00. The first-order valence-corrected chi connectivity index (χ1v) is 8.16. The molecule has 7 heteroatoms. The van der Waals surface area contributed by atoms with Crippen molar-refractivity contribution in [2.45, 2.75) is 33.4 Å². The number of amides is 1. The molecule has 6 nitrogen and oxygen atoms in total. The van der Waals surface area contributed by atoms with Crippen molar-refractivity contribution in [2.24, 2.45) is 0 Å². The van der Waals surface area contributed by atoms with Crippen molar-refractivity contribution in [3.8, 4) is 6.07 Å². The third-order valence-corrected chi connectivity index (χ3v) is 4.32. The summed E-state index contributed by atoms with van der Waals surface area (Å²) in [5.41, 5.74) is 1.52. The first-order valence-electron chi connectivity index (χ1n) is 7.36. The molecular formula is C17H17BrN4O2. The zero-order valence-corrected chi connectivity index (χ0v) is 15.2. The molecular weight excluding hydrogens is 372 g/mol. The van der Waals surface area contributed by atoms with Crippen LogP contribution < -0.4 is 10.9 Å². The molecule has 1 aromatic heterocycles. The molecule has 0 aliphatic carbocycles. The number of nitrogens with zero attached hydrogens (tertiary/aromatic N) is 3. The Labute approximate surface area is 148 Å². The third kappa shape index (κ3) is 3.89. The normalized spacial score (nSPS) is 11.6. The minimum atomic E-state index is -0.549. The highest BCUT2D eigenvalue weighted by atomic mass is 79.9. The molecule has 2 aromatic rings. The SMILES string of the molecule is Cc1nn(CC(=O)N[C@@H](C)c2ccc(Br)cc2)c(=O)c(C#N)c1C. The summed E-state index contributed by atoms with van der Waals surface area (Å²) in [5.74, 6) is -0.341. The van der Waals surface area contributed by atoms with E-state index < -0.39 is 5.56 Å². The molecule has 0 radical (unpaired) electrons. The molecule has 0 unspecified atom stereocenters. The molecule has 2 rings (SSSR count). The zero-order valence-electron chi connectivity index (χ0n) is 13.6. The van der Waals surface area contributed by atoms with Crippen molar-refractivity contribution < 1.29 is 4.79 Å². The molecule has 0 saturated carbocycles. The van der Waals surface area contributed by atoms with E-state index in [2.05, 4.69) is 26.3 Å². The molecule has 124 valence electrons. The zero-order chi connectivity index (χ0) is 17.9. The fourth-order valence-corrected chi connectivity index (χ4v) is 2.53. The van der Waals surface area contributed by atoms with Gasteiger partial charge in [0.2, 0.25) is 5.91 Å². The van der Waals surface area contributed by atoms with Crippen LogP contribution in [0.1, 0.15) is 35.3 Å². The van der Waals surface area contributed by atoms with Gasteiger partial charge in [0.05, 0.1) is 11.7 Å². The van der Waals surface area contributed by atoms with Gasteiger partial charge in [0.15, 0.2) is 0 Å². The molecule has 1 amide bonds. The van der Waals surface area contributed by atoms with Crippen LogP contribution in [0.5, 0.6) is 0 Å². The highest BCUT2D eigenvalue weighted by Crippen LogP contribution is 2.16. The van der Waals surface area contributed by atoms with Crippen LogP contribution >= 0.6 is 15.9 Å². The summed E-state index contributed by atoms with van der Waals surface area (Å²) in [6.07, 6.45) is 0. The summed E-state index contributed by atoms with van der Waals surface area (Å²) in [6, 6.07) is 9.28. The first kappa shape index (κ1) is 17.9. The minimum Gasteiger partial charge on any atom is -0.348 e. The summed E-state index contributed by atoms with van der Waals surface area (Å²) >= 11 is 3.36. The predicted molar refractivity (Wildman–Crippen MR) is 93.4 cm³/mol. The molecule has 1 atom stereocenters. The van der Waals surface area contributed by atoms with Crippen molar-refractivity contribution in [3.63, 3.8) is 0 Å². The topological polar surface area (TPSA) is 87.8 Å². The van der Waals surface area contributed by atoms with Crippen LogP contribution in [0.3, 0.4) is 0 Å². The maximum atomic E-state index is 12.2. The summed E-state index contributed by atoms with van der Waals surface area (Å²) < 4.78 is 1.99. The van der Waals surface area contributed by atoms with Gasteiger partial charge in [-0.1, -0.05) is 28.1 Å². The van der Waals surface area contributed by atoms with Crippen molar-refractivity contribution >= 4 is 21.8 Å². The van der Waals surface area contributed by atoms with Crippen molar-refractivity contribution in [2.75, 3.05) is 0 Å². The number of hydrogen-bond acceptors (Lipinski definition) is 4. The van der Waals surface area contributed by atoms with Crippen molar-refractivity contribution in [1.82, 2.24) is 15.1 Å². The number of nitrogens with one attached hydrogen (secondary N) is 1. The predicted octanol–water partition coefficient (Wildman–Crippen LogP) is 2.37. The molecule has 0 bridgehead atoms. The average Bonchev–Trinajstić information content (AvgIpc) is 2.53. The molecule has 1 heterocycles. The standard InChI is InChI=1S/C17H17BrN4O2/c1-10-11(2)21-22(17(24)15(10)8-19)9-16(23)20-12(3)13-4-6-14(18)7-5-13/h4-7,12H,9H2,1-3H3,(H,20,23)/t12-/m0/s1. The van der Waals surface area contributed by atoms with Gasteiger partial charge in [-0.3, -0.25) is 9.59 Å². The van der Waals surface area contributed by atoms with Gasteiger partial charge in [0.1, 0.15) is 18.2 Å². The van der Waals surface area contributed by atoms with E-state index >= 15 is 0 Å². The first-order chi connectivity index (χ1) is 11.3. The largest absolute Gasteiger partial charge is 0.348 e. The Kier molecular flexibility index (Phi) is 5.52. The second-order valence-corrected chi connectivity index (χ2v) is 6.42. The lowest BCUT2D eigenvalue weighted by Crippen LogP contribution is -2.36. The summed E-state index contributed by atoms with van der Waals surface area (Å²) in [5, 5.41) is 16.0. The van der Waals surface area contributed by atoms with Crippen molar-refractivity contribution in [3.05, 3.63) is 61.5 Å². The average molecular weight is 389 g/mol. The number of nitriles is 1. The molecule has 0 spiro atoms. The monoisotopic (exact) mass is 388 g/mol. The second-order valence-electron chi connectivity index (χ2n) is 5.50. The van der Waals surface area contributed by atoms with E-state index in [1.807, 2.05) is 37.3 Å². The Balaban J connectivity index is 2.16. The molecule has 0 aliphatic rings. The van der Waals surface area contributed by atoms with Crippen LogP contribution in [-0.2, 0) is 11.3 Å². The maximum absolute atomic E-state index is 12.2. The smallest absolute Gasteiger partial charge is 0.285 e. The van der Waals surface area contributed by atoms with Gasteiger partial charge >= 0.3 is 0 Å². The lowest BCUT2D eigenvalue weighted by atomic mass is 10.1. The van der Waals surface area contributed by atoms with Gasteiger partial charge in [-0.25, -0.2) is 4.68 Å². The summed E-state index contributed by atoms with van der Waals surface area (Å²) in [4.78, 5) is 24.4. The third-order valence-electron chi connectivity index (χ3n) is 3.79. The fraction of sp³-hybridized carbons (Fsp3) is 0.294. The van der Waals surface area contributed by atoms with Gasteiger partial charge in [0, 0.05) is 4.47 Å². The van der Waals surface area contributed by atoms with Gasteiger partial charge in [-0.05, 0) is 44.0 Å². The van der Waals surface area contributed by atoms with Crippen LogP contribution in [0.25, 0.3) is 0 Å². The van der Waals surface area contributed by atoms with E-state index in [9.17, 15) is 9.59 Å². The molecule has 24 heavy (non-hydrogen) atoms. The lowest BCUT2D eigenvalue weighted by Gasteiger charge is -2.15. The van der Waals surface area contributed by atoms with E-state index in [4.69, 9.17) is 5.26 Å². The number of halogens is 1. The number of benzene rings is 1. The van der Waals surface area contributed by atoms with E-state index in [0.29, 0.717) is 11.3 Å². The van der Waals surface area contributed by atoms with Crippen LogP contribution in [-0.4, -0.2) is 15.7 Å². The highest BCUT2D eigenvalue weighted by Gasteiger charge is 2.15. The van der Waals surface area contributed by atoms with Crippen LogP contribution in [0, 0.1) is 25.2 Å². The minimum absolute atomic E-state index is 0.0243. The molecule has 0 fully saturated rings. The Morgan fingerprint density at radius 3 is 2.58 bits per heavy atom. The van der Waals surface area contributed by atoms with Gasteiger partial charge in [-0.2, -0.15) is 10.4 Å². The van der Waals surface area contributed by atoms with E-state index in [0.717, 1.165) is 14.7 Å². The van der Waals surface area contributed by atoms with Crippen LogP contribution in [0.15, 0.2) is 33.5 Å². The number of carbonyl (C=O) groups excluding carboxylic acids is 1. The lowest BCUT2D eigenvalue weighted by molar-refractivity contribution is -0.122. The Hall–Kier alpha value is -2.46. The number of rotatable bonds is 4. The summed E-state index contributed by atoms with van der Waals surface area (Å²) in [7, 11) is 0. The number of hydrogen-bond donors (Lipinski definition) is 1. The molecule has 0 aliphatic heterocycles. The van der Waals surface area contributed by atoms with E-state index in [-0.39, 0.29) is 24.1 Å². The second kappa shape index (κ2) is 7.41. The van der Waals surface area contributed by atoms with Crippen molar-refractivity contribution in [1.29, 1.82) is 5.26 Å². The maximum Gasteiger partial charge on any atom is 0.285 e. The number of aryl methyl sites for hydroxylation is 1. The molecule has 0 saturated heterocycles.